The molecule has 0 unspecified atom stereocenters. The Kier molecular flexibility index (Phi) is 4.98. The summed E-state index contributed by atoms with van der Waals surface area (Å²) < 4.78 is 25.2. The van der Waals surface area contributed by atoms with E-state index in [0.29, 0.717) is 13.0 Å². The molecule has 0 aromatic rings. The van der Waals surface area contributed by atoms with E-state index < -0.39 is 10.0 Å². The monoisotopic (exact) mass is 236 g/mol. The first kappa shape index (κ1) is 12.9. The maximum Gasteiger partial charge on any atom is 0.214 e. The fourth-order valence-electron chi connectivity index (χ4n) is 1.71. The largest absolute Gasteiger partial charge is 0.395 e. The molecule has 90 valence electrons. The first-order valence-electron chi connectivity index (χ1n) is 5.42. The van der Waals surface area contributed by atoms with Gasteiger partial charge in [-0.15, -0.1) is 0 Å². The molecular weight excluding hydrogens is 216 g/mol. The van der Waals surface area contributed by atoms with Gasteiger partial charge in [0.05, 0.1) is 12.4 Å². The summed E-state index contributed by atoms with van der Waals surface area (Å²) in [7, 11) is -3.21. The van der Waals surface area contributed by atoms with Crippen molar-refractivity contribution in [2.45, 2.75) is 31.7 Å². The predicted octanol–water partition coefficient (Wildman–Crippen LogP) is -0.488. The van der Waals surface area contributed by atoms with E-state index in [-0.39, 0.29) is 24.9 Å². The highest BCUT2D eigenvalue weighted by molar-refractivity contribution is 7.89. The summed E-state index contributed by atoms with van der Waals surface area (Å²) in [6.45, 7) is 0.493. The second kappa shape index (κ2) is 5.79. The second-order valence-electron chi connectivity index (χ2n) is 3.88. The molecule has 1 saturated carbocycles. The van der Waals surface area contributed by atoms with Crippen LogP contribution in [-0.2, 0) is 10.0 Å². The summed E-state index contributed by atoms with van der Waals surface area (Å²) >= 11 is 0. The Morgan fingerprint density at radius 2 is 2.07 bits per heavy atom. The molecule has 6 heteroatoms. The van der Waals surface area contributed by atoms with Gasteiger partial charge in [0.2, 0.25) is 10.0 Å². The van der Waals surface area contributed by atoms with Gasteiger partial charge in [0.25, 0.3) is 0 Å². The maximum atomic E-state index is 11.9. The number of rotatable bonds is 7. The standard InChI is InChI=1S/C9H20N2O3S/c10-5-2-8-15(13,14)11(6-7-12)9-3-1-4-9/h9,12H,1-8,10H2. The third-order valence-corrected chi connectivity index (χ3v) is 4.77. The minimum Gasteiger partial charge on any atom is -0.395 e. The van der Waals surface area contributed by atoms with E-state index in [1.807, 2.05) is 0 Å². The lowest BCUT2D eigenvalue weighted by Crippen LogP contribution is -2.46. The van der Waals surface area contributed by atoms with Crippen LogP contribution in [0.2, 0.25) is 0 Å². The molecule has 0 aromatic heterocycles. The van der Waals surface area contributed by atoms with Crippen molar-refractivity contribution in [2.24, 2.45) is 5.73 Å². The molecule has 0 amide bonds. The topological polar surface area (TPSA) is 83.6 Å². The molecule has 15 heavy (non-hydrogen) atoms. The molecule has 0 saturated heterocycles. The van der Waals surface area contributed by atoms with Gasteiger partial charge in [-0.05, 0) is 25.8 Å². The minimum atomic E-state index is -3.21. The highest BCUT2D eigenvalue weighted by atomic mass is 32.2. The molecule has 0 aromatic carbocycles. The van der Waals surface area contributed by atoms with Gasteiger partial charge in [-0.25, -0.2) is 8.42 Å². The summed E-state index contributed by atoms with van der Waals surface area (Å²) in [5.74, 6) is 0.0972. The lowest BCUT2D eigenvalue weighted by Gasteiger charge is -2.36. The summed E-state index contributed by atoms with van der Waals surface area (Å²) in [5.41, 5.74) is 5.30. The average molecular weight is 236 g/mol. The van der Waals surface area contributed by atoms with Gasteiger partial charge >= 0.3 is 0 Å². The van der Waals surface area contributed by atoms with Gasteiger partial charge in [0.1, 0.15) is 0 Å². The Bertz CT molecular complexity index is 275. The van der Waals surface area contributed by atoms with Crippen LogP contribution in [0.5, 0.6) is 0 Å². The number of aliphatic hydroxyl groups excluding tert-OH is 1. The van der Waals surface area contributed by atoms with Crippen LogP contribution in [0.1, 0.15) is 25.7 Å². The molecule has 0 radical (unpaired) electrons. The number of hydrogen-bond acceptors (Lipinski definition) is 4. The number of hydrogen-bond donors (Lipinski definition) is 2. The van der Waals surface area contributed by atoms with E-state index >= 15 is 0 Å². The highest BCUT2D eigenvalue weighted by Gasteiger charge is 2.32. The van der Waals surface area contributed by atoms with Crippen LogP contribution in [-0.4, -0.2) is 49.3 Å². The average Bonchev–Trinajstić information content (AvgIpc) is 2.11. The van der Waals surface area contributed by atoms with Crippen molar-refractivity contribution in [1.82, 2.24) is 4.31 Å². The van der Waals surface area contributed by atoms with E-state index in [4.69, 9.17) is 10.8 Å². The SMILES string of the molecule is NCCCS(=O)(=O)N(CCO)C1CCC1. The van der Waals surface area contributed by atoms with Crippen molar-refractivity contribution in [3.05, 3.63) is 0 Å². The molecule has 1 rings (SSSR count). The third-order valence-electron chi connectivity index (χ3n) is 2.77. The Morgan fingerprint density at radius 3 is 2.47 bits per heavy atom. The summed E-state index contributed by atoms with van der Waals surface area (Å²) in [6, 6.07) is 0.111. The smallest absolute Gasteiger partial charge is 0.214 e. The third kappa shape index (κ3) is 3.41. The van der Waals surface area contributed by atoms with Crippen molar-refractivity contribution < 1.29 is 13.5 Å². The zero-order chi connectivity index (χ0) is 11.3. The van der Waals surface area contributed by atoms with Gasteiger partial charge in [-0.1, -0.05) is 6.42 Å². The molecule has 1 aliphatic carbocycles. The van der Waals surface area contributed by atoms with Gasteiger partial charge in [-0.2, -0.15) is 4.31 Å². The van der Waals surface area contributed by atoms with Gasteiger partial charge < -0.3 is 10.8 Å². The lowest BCUT2D eigenvalue weighted by molar-refractivity contribution is 0.178. The van der Waals surface area contributed by atoms with E-state index in [1.165, 1.54) is 4.31 Å². The molecule has 0 heterocycles. The molecule has 1 fully saturated rings. The Labute approximate surface area is 91.3 Å². The van der Waals surface area contributed by atoms with Crippen LogP contribution in [0.4, 0.5) is 0 Å². The van der Waals surface area contributed by atoms with Gasteiger partial charge in [0, 0.05) is 12.6 Å². The van der Waals surface area contributed by atoms with E-state index in [2.05, 4.69) is 0 Å². The lowest BCUT2D eigenvalue weighted by atomic mass is 9.93. The molecule has 0 atom stereocenters. The van der Waals surface area contributed by atoms with Crippen LogP contribution < -0.4 is 5.73 Å². The fraction of sp³-hybridized carbons (Fsp3) is 1.00. The molecule has 0 aliphatic heterocycles. The van der Waals surface area contributed by atoms with Crippen LogP contribution in [0.3, 0.4) is 0 Å². The van der Waals surface area contributed by atoms with Crippen molar-refractivity contribution >= 4 is 10.0 Å². The molecule has 0 spiro atoms. The van der Waals surface area contributed by atoms with Gasteiger partial charge in [-0.3, -0.25) is 0 Å². The number of nitrogens with zero attached hydrogens (tertiary/aromatic N) is 1. The molecule has 1 aliphatic rings. The number of nitrogens with two attached hydrogens (primary N) is 1. The summed E-state index contributed by atoms with van der Waals surface area (Å²) in [6.07, 6.45) is 3.40. The van der Waals surface area contributed by atoms with E-state index in [9.17, 15) is 8.42 Å². The Morgan fingerprint density at radius 1 is 1.40 bits per heavy atom. The Balaban J connectivity index is 2.60. The molecule has 0 bridgehead atoms. The quantitative estimate of drug-likeness (QED) is 0.625. The van der Waals surface area contributed by atoms with Crippen LogP contribution >= 0.6 is 0 Å². The number of sulfonamides is 1. The van der Waals surface area contributed by atoms with Crippen LogP contribution in [0, 0.1) is 0 Å². The molecule has 5 nitrogen and oxygen atoms in total. The summed E-state index contributed by atoms with van der Waals surface area (Å²) in [5, 5.41) is 8.86. The van der Waals surface area contributed by atoms with Crippen molar-refractivity contribution in [3.63, 3.8) is 0 Å². The second-order valence-corrected chi connectivity index (χ2v) is 5.92. The van der Waals surface area contributed by atoms with E-state index in [1.54, 1.807) is 0 Å². The first-order valence-corrected chi connectivity index (χ1v) is 7.03. The van der Waals surface area contributed by atoms with Crippen molar-refractivity contribution in [1.29, 1.82) is 0 Å². The normalized spacial score (nSPS) is 18.1. The van der Waals surface area contributed by atoms with Crippen molar-refractivity contribution in [2.75, 3.05) is 25.4 Å². The zero-order valence-electron chi connectivity index (χ0n) is 8.93. The van der Waals surface area contributed by atoms with Gasteiger partial charge in [0.15, 0.2) is 0 Å². The molecule has 3 N–H and O–H groups in total. The highest BCUT2D eigenvalue weighted by Crippen LogP contribution is 2.27. The Hall–Kier alpha value is -0.170. The molecular formula is C9H20N2O3S. The maximum absolute atomic E-state index is 11.9. The summed E-state index contributed by atoms with van der Waals surface area (Å²) in [4.78, 5) is 0. The minimum absolute atomic E-state index is 0.0972. The van der Waals surface area contributed by atoms with E-state index in [0.717, 1.165) is 19.3 Å². The predicted molar refractivity (Wildman–Crippen MR) is 58.9 cm³/mol. The fourth-order valence-corrected chi connectivity index (χ4v) is 3.50. The number of aliphatic hydroxyl groups is 1. The van der Waals surface area contributed by atoms with Crippen LogP contribution in [0.25, 0.3) is 0 Å². The van der Waals surface area contributed by atoms with Crippen LogP contribution in [0.15, 0.2) is 0 Å². The zero-order valence-corrected chi connectivity index (χ0v) is 9.75. The first-order chi connectivity index (χ1) is 7.11. The van der Waals surface area contributed by atoms with Crippen molar-refractivity contribution in [3.8, 4) is 0 Å².